The molecule has 3 N–H and O–H groups in total. The molecule has 0 saturated heterocycles. The molecule has 106 valence electrons. The second kappa shape index (κ2) is 5.66. The summed E-state index contributed by atoms with van der Waals surface area (Å²) in [5.74, 6) is 0.959. The predicted molar refractivity (Wildman–Crippen MR) is 86.2 cm³/mol. The van der Waals surface area contributed by atoms with E-state index in [2.05, 4.69) is 33.4 Å². The van der Waals surface area contributed by atoms with Gasteiger partial charge in [-0.25, -0.2) is 0 Å². The lowest BCUT2D eigenvalue weighted by atomic mass is 10.1. The van der Waals surface area contributed by atoms with Crippen LogP contribution >= 0.6 is 15.9 Å². The lowest BCUT2D eigenvalue weighted by molar-refractivity contribution is 0.354. The number of nitriles is 1. The van der Waals surface area contributed by atoms with Gasteiger partial charge in [0, 0.05) is 23.0 Å². The average Bonchev–Trinajstić information content (AvgIpc) is 2.94. The Morgan fingerprint density at radius 3 is 3.00 bits per heavy atom. The number of anilines is 2. The third-order valence-corrected chi connectivity index (χ3v) is 3.93. The van der Waals surface area contributed by atoms with Gasteiger partial charge >= 0.3 is 0 Å². The van der Waals surface area contributed by atoms with Crippen LogP contribution in [0.1, 0.15) is 16.7 Å². The maximum atomic E-state index is 8.96. The minimum absolute atomic E-state index is 0.586. The van der Waals surface area contributed by atoms with E-state index in [1.807, 2.05) is 6.07 Å². The molecule has 0 radical (unpaired) electrons. The van der Waals surface area contributed by atoms with Gasteiger partial charge in [-0.05, 0) is 35.9 Å². The first-order valence-electron chi connectivity index (χ1n) is 6.65. The highest BCUT2D eigenvalue weighted by molar-refractivity contribution is 9.10. The van der Waals surface area contributed by atoms with Crippen LogP contribution in [0.3, 0.4) is 0 Å². The molecule has 3 rings (SSSR count). The molecule has 0 bridgehead atoms. The number of hydrogen-bond acceptors (Lipinski definition) is 4. The van der Waals surface area contributed by atoms with E-state index in [9.17, 15) is 0 Å². The summed E-state index contributed by atoms with van der Waals surface area (Å²) in [6.07, 6.45) is 0.938. The van der Waals surface area contributed by atoms with Crippen molar-refractivity contribution in [2.24, 2.45) is 0 Å². The van der Waals surface area contributed by atoms with Crippen molar-refractivity contribution in [1.29, 1.82) is 5.26 Å². The molecule has 1 aliphatic heterocycles. The number of halogens is 1. The van der Waals surface area contributed by atoms with Gasteiger partial charge in [0.2, 0.25) is 0 Å². The Morgan fingerprint density at radius 2 is 2.19 bits per heavy atom. The Morgan fingerprint density at radius 1 is 1.33 bits per heavy atom. The molecule has 0 fully saturated rings. The number of benzene rings is 2. The summed E-state index contributed by atoms with van der Waals surface area (Å²) < 4.78 is 6.75. The first kappa shape index (κ1) is 13.8. The summed E-state index contributed by atoms with van der Waals surface area (Å²) in [5.41, 5.74) is 10.2. The molecule has 5 heteroatoms. The van der Waals surface area contributed by atoms with Gasteiger partial charge in [-0.2, -0.15) is 5.26 Å². The van der Waals surface area contributed by atoms with Crippen molar-refractivity contribution in [3.63, 3.8) is 0 Å². The molecule has 2 aromatic carbocycles. The van der Waals surface area contributed by atoms with Crippen LogP contribution in [0.5, 0.6) is 5.75 Å². The van der Waals surface area contributed by atoms with Crippen molar-refractivity contribution in [2.75, 3.05) is 17.7 Å². The highest BCUT2D eigenvalue weighted by atomic mass is 79.9. The van der Waals surface area contributed by atoms with Crippen LogP contribution < -0.4 is 15.8 Å². The second-order valence-corrected chi connectivity index (χ2v) is 5.83. The van der Waals surface area contributed by atoms with E-state index >= 15 is 0 Å². The molecule has 0 saturated carbocycles. The molecular weight excluding hydrogens is 330 g/mol. The minimum Gasteiger partial charge on any atom is -0.493 e. The highest BCUT2D eigenvalue weighted by Gasteiger charge is 2.17. The first-order chi connectivity index (χ1) is 10.2. The SMILES string of the molecule is N#Cc1ccc(N)c(NCc2cc(Br)cc3c2OCC3)c1. The topological polar surface area (TPSA) is 71.1 Å². The largest absolute Gasteiger partial charge is 0.493 e. The molecule has 21 heavy (non-hydrogen) atoms. The fraction of sp³-hybridized carbons (Fsp3) is 0.188. The van der Waals surface area contributed by atoms with Gasteiger partial charge in [0.1, 0.15) is 5.75 Å². The van der Waals surface area contributed by atoms with E-state index in [1.54, 1.807) is 18.2 Å². The molecule has 2 aromatic rings. The van der Waals surface area contributed by atoms with Crippen molar-refractivity contribution in [3.05, 3.63) is 51.5 Å². The number of ether oxygens (including phenoxy) is 1. The zero-order valence-electron chi connectivity index (χ0n) is 11.3. The summed E-state index contributed by atoms with van der Waals surface area (Å²) in [6.45, 7) is 1.33. The van der Waals surface area contributed by atoms with E-state index in [0.29, 0.717) is 17.8 Å². The third kappa shape index (κ3) is 2.81. The summed E-state index contributed by atoms with van der Waals surface area (Å²) in [7, 11) is 0. The van der Waals surface area contributed by atoms with E-state index in [1.165, 1.54) is 5.56 Å². The van der Waals surface area contributed by atoms with E-state index in [0.717, 1.165) is 34.5 Å². The van der Waals surface area contributed by atoms with E-state index in [4.69, 9.17) is 15.7 Å². The van der Waals surface area contributed by atoms with Crippen LogP contribution in [0.15, 0.2) is 34.8 Å². The smallest absolute Gasteiger partial charge is 0.127 e. The normalized spacial score (nSPS) is 12.4. The predicted octanol–water partition coefficient (Wildman–Crippen LogP) is 3.45. The average molecular weight is 344 g/mol. The molecule has 0 unspecified atom stereocenters. The number of nitrogen functional groups attached to an aromatic ring is 1. The van der Waals surface area contributed by atoms with Crippen molar-refractivity contribution in [3.8, 4) is 11.8 Å². The van der Waals surface area contributed by atoms with Crippen molar-refractivity contribution in [1.82, 2.24) is 0 Å². The number of nitrogens with zero attached hydrogens (tertiary/aromatic N) is 1. The molecule has 0 aromatic heterocycles. The zero-order valence-corrected chi connectivity index (χ0v) is 12.9. The van der Waals surface area contributed by atoms with Gasteiger partial charge < -0.3 is 15.8 Å². The molecule has 0 aliphatic carbocycles. The fourth-order valence-corrected chi connectivity index (χ4v) is 3.00. The monoisotopic (exact) mass is 343 g/mol. The molecule has 1 aliphatic rings. The van der Waals surface area contributed by atoms with Gasteiger partial charge in [0.15, 0.2) is 0 Å². The van der Waals surface area contributed by atoms with Gasteiger partial charge in [0.25, 0.3) is 0 Å². The fourth-order valence-electron chi connectivity index (χ4n) is 2.45. The van der Waals surface area contributed by atoms with Crippen molar-refractivity contribution in [2.45, 2.75) is 13.0 Å². The number of nitrogens with one attached hydrogen (secondary N) is 1. The van der Waals surface area contributed by atoms with Crippen molar-refractivity contribution < 1.29 is 4.74 Å². The van der Waals surface area contributed by atoms with Crippen LogP contribution in [0.4, 0.5) is 11.4 Å². The number of nitrogens with two attached hydrogens (primary N) is 1. The maximum absolute atomic E-state index is 8.96. The van der Waals surface area contributed by atoms with E-state index < -0.39 is 0 Å². The quantitative estimate of drug-likeness (QED) is 0.837. The molecule has 1 heterocycles. The summed E-state index contributed by atoms with van der Waals surface area (Å²) in [6, 6.07) is 11.5. The standard InChI is InChI=1S/C16H14BrN3O/c17-13-6-11-3-4-21-16(11)12(7-13)9-20-15-5-10(8-18)1-2-14(15)19/h1-2,5-7,20H,3-4,9,19H2. The Kier molecular flexibility index (Phi) is 3.72. The highest BCUT2D eigenvalue weighted by Crippen LogP contribution is 2.33. The molecule has 0 spiro atoms. The maximum Gasteiger partial charge on any atom is 0.127 e. The first-order valence-corrected chi connectivity index (χ1v) is 7.44. The number of fused-ring (bicyclic) bond motifs is 1. The lowest BCUT2D eigenvalue weighted by Gasteiger charge is -2.13. The number of rotatable bonds is 3. The number of hydrogen-bond donors (Lipinski definition) is 2. The van der Waals surface area contributed by atoms with Crippen LogP contribution in [-0.2, 0) is 13.0 Å². The summed E-state index contributed by atoms with van der Waals surface area (Å²) in [4.78, 5) is 0. The van der Waals surface area contributed by atoms with Crippen LogP contribution in [0.2, 0.25) is 0 Å². The van der Waals surface area contributed by atoms with Crippen molar-refractivity contribution >= 4 is 27.3 Å². The Labute approximate surface area is 131 Å². The Hall–Kier alpha value is -2.19. The van der Waals surface area contributed by atoms with Gasteiger partial charge in [-0.15, -0.1) is 0 Å². The molecule has 0 amide bonds. The Balaban J connectivity index is 1.85. The molecule has 4 nitrogen and oxygen atoms in total. The lowest BCUT2D eigenvalue weighted by Crippen LogP contribution is -2.04. The van der Waals surface area contributed by atoms with Crippen LogP contribution in [0, 0.1) is 11.3 Å². The van der Waals surface area contributed by atoms with Gasteiger partial charge in [0.05, 0.1) is 29.6 Å². The van der Waals surface area contributed by atoms with E-state index in [-0.39, 0.29) is 0 Å². The van der Waals surface area contributed by atoms with Crippen LogP contribution in [0.25, 0.3) is 0 Å². The van der Waals surface area contributed by atoms with Gasteiger partial charge in [-0.1, -0.05) is 15.9 Å². The Bertz CT molecular complexity index is 737. The zero-order chi connectivity index (χ0) is 14.8. The molecular formula is C16H14BrN3O. The third-order valence-electron chi connectivity index (χ3n) is 3.48. The summed E-state index contributed by atoms with van der Waals surface area (Å²) in [5, 5.41) is 12.2. The second-order valence-electron chi connectivity index (χ2n) is 4.92. The molecule has 0 atom stereocenters. The minimum atomic E-state index is 0.586. The summed E-state index contributed by atoms with van der Waals surface area (Å²) >= 11 is 3.53. The van der Waals surface area contributed by atoms with Gasteiger partial charge in [-0.3, -0.25) is 0 Å². The van der Waals surface area contributed by atoms with Crippen LogP contribution in [-0.4, -0.2) is 6.61 Å².